The summed E-state index contributed by atoms with van der Waals surface area (Å²) in [5.74, 6) is -2.37. The van der Waals surface area contributed by atoms with Gasteiger partial charge in [-0.2, -0.15) is 23.8 Å². The molecule has 1 aliphatic rings. The molecule has 11 nitrogen and oxygen atoms in total. The van der Waals surface area contributed by atoms with Crippen molar-refractivity contribution < 1.29 is 27.4 Å². The molecule has 0 spiro atoms. The highest BCUT2D eigenvalue weighted by Crippen LogP contribution is 2.33. The van der Waals surface area contributed by atoms with Crippen LogP contribution in [0.3, 0.4) is 0 Å². The van der Waals surface area contributed by atoms with Gasteiger partial charge in [-0.05, 0) is 43.7 Å². The van der Waals surface area contributed by atoms with Crippen LogP contribution in [0.15, 0.2) is 61.8 Å². The van der Waals surface area contributed by atoms with Crippen molar-refractivity contribution in [3.05, 3.63) is 47.5 Å². The van der Waals surface area contributed by atoms with Crippen molar-refractivity contribution in [3.63, 3.8) is 0 Å². The Bertz CT molecular complexity index is 1220. The van der Waals surface area contributed by atoms with Crippen molar-refractivity contribution in [1.29, 1.82) is 0 Å². The Morgan fingerprint density at radius 1 is 0.968 bits per heavy atom. The summed E-state index contributed by atoms with van der Waals surface area (Å²) in [6.07, 6.45) is -0.511. The first-order valence-corrected chi connectivity index (χ1v) is 10.4. The van der Waals surface area contributed by atoms with Crippen LogP contribution in [0.5, 0.6) is 0 Å². The zero-order valence-corrected chi connectivity index (χ0v) is 17.3. The number of carbonyl (C=O) groups excluding carboxylic acids is 3. The summed E-state index contributed by atoms with van der Waals surface area (Å²) in [5.41, 5.74) is 1.74. The van der Waals surface area contributed by atoms with E-state index in [2.05, 4.69) is 20.5 Å². The highest BCUT2D eigenvalue weighted by Gasteiger charge is 2.34. The largest absolute Gasteiger partial charge is 0.296 e. The van der Waals surface area contributed by atoms with E-state index in [-0.39, 0.29) is 11.4 Å². The third-order valence-corrected chi connectivity index (χ3v) is 5.18. The summed E-state index contributed by atoms with van der Waals surface area (Å²) >= 11 is 0. The molecule has 2 aromatic carbocycles. The first kappa shape index (κ1) is 22.1. The molecule has 0 aromatic heterocycles. The zero-order valence-electron chi connectivity index (χ0n) is 16.4. The minimum absolute atomic E-state index is 0.0144. The molecule has 160 valence electrons. The van der Waals surface area contributed by atoms with Gasteiger partial charge in [-0.25, -0.2) is 0 Å². The number of aryl methyl sites for hydroxylation is 2. The van der Waals surface area contributed by atoms with Gasteiger partial charge < -0.3 is 0 Å². The molecule has 12 heteroatoms. The number of hydrogen-bond acceptors (Lipinski definition) is 9. The Labute approximate surface area is 177 Å². The molecule has 0 bridgehead atoms. The van der Waals surface area contributed by atoms with E-state index in [1.807, 2.05) is 24.4 Å². The highest BCUT2D eigenvalue weighted by molar-refractivity contribution is 7.86. The predicted octanol–water partition coefficient (Wildman–Crippen LogP) is 3.03. The monoisotopic (exact) mass is 443 g/mol. The van der Waals surface area contributed by atoms with Gasteiger partial charge in [-0.3, -0.25) is 24.3 Å². The number of ketones is 1. The fourth-order valence-electron chi connectivity index (χ4n) is 2.67. The first-order chi connectivity index (χ1) is 14.5. The lowest BCUT2D eigenvalue weighted by atomic mass is 10.1. The molecule has 31 heavy (non-hydrogen) atoms. The molecular formula is C19H17N5O6S. The Morgan fingerprint density at radius 2 is 1.65 bits per heavy atom. The normalized spacial score (nSPS) is 17.5. The molecule has 3 rings (SSSR count). The Hall–Kier alpha value is -3.64. The molecule has 1 aliphatic heterocycles. The Kier molecular flexibility index (Phi) is 6.13. The Morgan fingerprint density at radius 3 is 2.26 bits per heavy atom. The van der Waals surface area contributed by atoms with E-state index < -0.39 is 45.1 Å². The van der Waals surface area contributed by atoms with Gasteiger partial charge >= 0.3 is 0 Å². The second-order valence-corrected chi connectivity index (χ2v) is 8.18. The molecule has 1 heterocycles. The van der Waals surface area contributed by atoms with Crippen molar-refractivity contribution in [1.82, 2.24) is 5.32 Å². The van der Waals surface area contributed by atoms with Crippen LogP contribution in [-0.2, 0) is 24.5 Å². The minimum Gasteiger partial charge on any atom is -0.296 e. The number of hydrogen-bond donors (Lipinski definition) is 2. The van der Waals surface area contributed by atoms with Crippen molar-refractivity contribution >= 4 is 44.8 Å². The number of azo groups is 2. The van der Waals surface area contributed by atoms with Crippen LogP contribution in [0.2, 0.25) is 0 Å². The van der Waals surface area contributed by atoms with Crippen molar-refractivity contribution in [2.24, 2.45) is 20.5 Å². The second-order valence-electron chi connectivity index (χ2n) is 6.79. The molecule has 0 radical (unpaired) electrons. The van der Waals surface area contributed by atoms with Crippen LogP contribution in [0.25, 0.3) is 0 Å². The number of nitrogens with zero attached hydrogens (tertiary/aromatic N) is 4. The van der Waals surface area contributed by atoms with Crippen LogP contribution in [0.1, 0.15) is 17.5 Å². The van der Waals surface area contributed by atoms with E-state index in [1.165, 1.54) is 6.07 Å². The summed E-state index contributed by atoms with van der Waals surface area (Å²) < 4.78 is 33.3. The van der Waals surface area contributed by atoms with E-state index in [0.29, 0.717) is 11.3 Å². The number of benzene rings is 2. The van der Waals surface area contributed by atoms with Gasteiger partial charge in [0, 0.05) is 0 Å². The molecule has 0 saturated carbocycles. The standard InChI is InChI=1S/C19H17N5O6S/c1-10-3-5-12(6-4-10)21-23-14-7-11(2)13(8-16(14)31(28,29)30)22-24-18-15(25)9-17(26)20-19(18)27/h3-8,18H,9H2,1-2H3,(H,20,26,27)(H,28,29,30). The number of amides is 2. The van der Waals surface area contributed by atoms with Gasteiger partial charge in [0.25, 0.3) is 16.0 Å². The summed E-state index contributed by atoms with van der Waals surface area (Å²) in [6, 6.07) is 7.81. The number of nitrogens with one attached hydrogen (secondary N) is 1. The van der Waals surface area contributed by atoms with E-state index in [4.69, 9.17) is 0 Å². The van der Waals surface area contributed by atoms with Gasteiger partial charge in [0.1, 0.15) is 10.6 Å². The van der Waals surface area contributed by atoms with Gasteiger partial charge in [-0.1, -0.05) is 17.7 Å². The topological polar surface area (TPSA) is 167 Å². The summed E-state index contributed by atoms with van der Waals surface area (Å²) in [5, 5.41) is 17.3. The van der Waals surface area contributed by atoms with Gasteiger partial charge in [-0.15, -0.1) is 5.11 Å². The fraction of sp³-hybridized carbons (Fsp3) is 0.211. The lowest BCUT2D eigenvalue weighted by Crippen LogP contribution is -2.48. The number of imide groups is 1. The summed E-state index contributed by atoms with van der Waals surface area (Å²) in [4.78, 5) is 34.2. The van der Waals surface area contributed by atoms with E-state index >= 15 is 0 Å². The molecular weight excluding hydrogens is 426 g/mol. The third-order valence-electron chi connectivity index (χ3n) is 4.29. The number of Topliss-reactive ketones (excluding diaryl/α,β-unsaturated/α-hetero) is 1. The van der Waals surface area contributed by atoms with Crippen LogP contribution >= 0.6 is 0 Å². The van der Waals surface area contributed by atoms with Crippen LogP contribution in [0.4, 0.5) is 17.1 Å². The SMILES string of the molecule is Cc1ccc(N=Nc2cc(C)c(N=NC3C(=O)CC(=O)NC3=O)cc2S(=O)(=O)O)cc1. The molecule has 1 fully saturated rings. The maximum absolute atomic E-state index is 11.8. The number of carbonyl (C=O) groups is 3. The smallest absolute Gasteiger partial charge is 0.296 e. The molecule has 1 atom stereocenters. The number of rotatable bonds is 5. The third kappa shape index (κ3) is 5.29. The van der Waals surface area contributed by atoms with Crippen LogP contribution < -0.4 is 5.32 Å². The van der Waals surface area contributed by atoms with Crippen molar-refractivity contribution in [2.75, 3.05) is 0 Å². The molecule has 2 aromatic rings. The maximum Gasteiger partial charge on any atom is 0.296 e. The van der Waals surface area contributed by atoms with E-state index in [9.17, 15) is 27.4 Å². The van der Waals surface area contributed by atoms with Gasteiger partial charge in [0.05, 0.1) is 17.8 Å². The van der Waals surface area contributed by atoms with Crippen LogP contribution in [0, 0.1) is 13.8 Å². The average Bonchev–Trinajstić information content (AvgIpc) is 2.67. The molecule has 0 aliphatic carbocycles. The maximum atomic E-state index is 11.8. The van der Waals surface area contributed by atoms with Crippen molar-refractivity contribution in [3.8, 4) is 0 Å². The van der Waals surface area contributed by atoms with Gasteiger partial charge in [0.15, 0.2) is 5.78 Å². The molecule has 1 saturated heterocycles. The molecule has 2 N–H and O–H groups in total. The first-order valence-electron chi connectivity index (χ1n) is 8.92. The lowest BCUT2D eigenvalue weighted by Gasteiger charge is -2.15. The van der Waals surface area contributed by atoms with Crippen LogP contribution in [-0.4, -0.2) is 36.6 Å². The minimum atomic E-state index is -4.70. The average molecular weight is 443 g/mol. The predicted molar refractivity (Wildman–Crippen MR) is 107 cm³/mol. The summed E-state index contributed by atoms with van der Waals surface area (Å²) in [6.45, 7) is 3.47. The van der Waals surface area contributed by atoms with Gasteiger partial charge in [0.2, 0.25) is 11.9 Å². The molecule has 2 amide bonds. The lowest BCUT2D eigenvalue weighted by molar-refractivity contribution is -0.140. The quantitative estimate of drug-likeness (QED) is 0.312. The second kappa shape index (κ2) is 8.62. The zero-order chi connectivity index (χ0) is 22.8. The number of piperidine rings is 1. The van der Waals surface area contributed by atoms with E-state index in [1.54, 1.807) is 19.1 Å². The van der Waals surface area contributed by atoms with E-state index in [0.717, 1.165) is 11.6 Å². The highest BCUT2D eigenvalue weighted by atomic mass is 32.2. The molecule has 1 unspecified atom stereocenters. The summed E-state index contributed by atoms with van der Waals surface area (Å²) in [7, 11) is -4.70. The Balaban J connectivity index is 1.96. The fourth-order valence-corrected chi connectivity index (χ4v) is 3.29. The van der Waals surface area contributed by atoms with Crippen molar-refractivity contribution in [2.45, 2.75) is 31.2 Å².